The second-order valence-corrected chi connectivity index (χ2v) is 7.61. The van der Waals surface area contributed by atoms with Gasteiger partial charge >= 0.3 is 5.24 Å². The van der Waals surface area contributed by atoms with Gasteiger partial charge in [-0.15, -0.1) is 0 Å². The summed E-state index contributed by atoms with van der Waals surface area (Å²) in [6.07, 6.45) is -0.0327. The molecule has 9 heteroatoms. The van der Waals surface area contributed by atoms with E-state index in [-0.39, 0.29) is 36.2 Å². The first-order valence-electron chi connectivity index (χ1n) is 6.57. The summed E-state index contributed by atoms with van der Waals surface area (Å²) in [6.45, 7) is 5.59. The number of carbonyl (C=O) groups is 1. The Morgan fingerprint density at radius 2 is 2.19 bits per heavy atom. The molecule has 1 aliphatic heterocycles. The average molecular weight is 339 g/mol. The molecule has 0 aromatic rings. The zero-order valence-corrected chi connectivity index (χ0v) is 14.0. The number of thiocarbonyl (C=S) groups is 1. The Labute approximate surface area is 130 Å². The number of hydrogen-bond donors (Lipinski definition) is 1. The fourth-order valence-electron chi connectivity index (χ4n) is 1.62. The standard InChI is InChI=1S/C12H21NO6S2/c1-9(14)13-5-4-6-21(15,16)18-8-12(2,3)10-7-17-11(20)19-10/h10H,4-8H2,1-3H3,(H,13,14). The summed E-state index contributed by atoms with van der Waals surface area (Å²) in [5, 5.41) is 2.61. The Bertz CT molecular complexity index is 488. The van der Waals surface area contributed by atoms with Crippen LogP contribution in [0.3, 0.4) is 0 Å². The zero-order chi connectivity index (χ0) is 16.1. The van der Waals surface area contributed by atoms with Crippen molar-refractivity contribution in [3.8, 4) is 0 Å². The summed E-state index contributed by atoms with van der Waals surface area (Å²) in [5.41, 5.74) is -0.550. The van der Waals surface area contributed by atoms with Gasteiger partial charge in [0.05, 0.1) is 12.4 Å². The van der Waals surface area contributed by atoms with Crippen LogP contribution >= 0.6 is 12.2 Å². The van der Waals surface area contributed by atoms with Crippen molar-refractivity contribution in [3.05, 3.63) is 0 Å². The van der Waals surface area contributed by atoms with Crippen LogP contribution in [0.15, 0.2) is 0 Å². The van der Waals surface area contributed by atoms with Crippen molar-refractivity contribution in [2.45, 2.75) is 33.3 Å². The van der Waals surface area contributed by atoms with E-state index in [1.165, 1.54) is 6.92 Å². The highest BCUT2D eigenvalue weighted by Crippen LogP contribution is 2.28. The number of ether oxygens (including phenoxy) is 2. The molecule has 1 heterocycles. The predicted molar refractivity (Wildman–Crippen MR) is 80.2 cm³/mol. The molecule has 1 N–H and O–H groups in total. The van der Waals surface area contributed by atoms with Crippen LogP contribution < -0.4 is 5.32 Å². The van der Waals surface area contributed by atoms with E-state index in [4.69, 9.17) is 25.9 Å². The lowest BCUT2D eigenvalue weighted by molar-refractivity contribution is -0.118. The van der Waals surface area contributed by atoms with E-state index < -0.39 is 15.5 Å². The van der Waals surface area contributed by atoms with Crippen molar-refractivity contribution in [2.24, 2.45) is 5.41 Å². The summed E-state index contributed by atoms with van der Waals surface area (Å²) in [5.74, 6) is -0.340. The highest BCUT2D eigenvalue weighted by molar-refractivity contribution is 7.86. The molecule has 122 valence electrons. The molecule has 0 aromatic heterocycles. The van der Waals surface area contributed by atoms with E-state index in [0.29, 0.717) is 13.0 Å². The largest absolute Gasteiger partial charge is 0.453 e. The summed E-state index contributed by atoms with van der Waals surface area (Å²) in [6, 6.07) is 0. The molecule has 1 unspecified atom stereocenters. The van der Waals surface area contributed by atoms with Gasteiger partial charge < -0.3 is 14.8 Å². The van der Waals surface area contributed by atoms with Crippen molar-refractivity contribution in [3.63, 3.8) is 0 Å². The van der Waals surface area contributed by atoms with Crippen LogP contribution in [0.5, 0.6) is 0 Å². The van der Waals surface area contributed by atoms with Crippen LogP contribution in [0.4, 0.5) is 0 Å². The molecular formula is C12H21NO6S2. The number of rotatable bonds is 8. The average Bonchev–Trinajstić information content (AvgIpc) is 2.80. The third-order valence-corrected chi connectivity index (χ3v) is 4.50. The van der Waals surface area contributed by atoms with Crippen LogP contribution in [0.25, 0.3) is 0 Å². The summed E-state index contributed by atoms with van der Waals surface area (Å²) < 4.78 is 38.9. The van der Waals surface area contributed by atoms with E-state index in [1.54, 1.807) is 0 Å². The lowest BCUT2D eigenvalue weighted by Gasteiger charge is -2.27. The lowest BCUT2D eigenvalue weighted by Crippen LogP contribution is -2.37. The van der Waals surface area contributed by atoms with Crippen LogP contribution in [-0.4, -0.2) is 51.2 Å². The lowest BCUT2D eigenvalue weighted by atomic mass is 9.88. The van der Waals surface area contributed by atoms with E-state index >= 15 is 0 Å². The summed E-state index contributed by atoms with van der Waals surface area (Å²) in [4.78, 5) is 10.7. The van der Waals surface area contributed by atoms with Crippen molar-refractivity contribution >= 4 is 33.5 Å². The van der Waals surface area contributed by atoms with Crippen LogP contribution in [0, 0.1) is 5.41 Å². The van der Waals surface area contributed by atoms with E-state index in [0.717, 1.165) is 0 Å². The molecule has 21 heavy (non-hydrogen) atoms. The monoisotopic (exact) mass is 339 g/mol. The maximum absolute atomic E-state index is 11.8. The SMILES string of the molecule is CC(=O)NCCCS(=O)(=O)OCC(C)(C)C1COC(=S)O1. The van der Waals surface area contributed by atoms with Crippen LogP contribution in [0.1, 0.15) is 27.2 Å². The Kier molecular flexibility index (Phi) is 6.36. The fraction of sp³-hybridized carbons (Fsp3) is 0.833. The molecule has 1 rings (SSSR count). The summed E-state index contributed by atoms with van der Waals surface area (Å²) >= 11 is 4.78. The van der Waals surface area contributed by atoms with Crippen molar-refractivity contribution in [1.29, 1.82) is 0 Å². The van der Waals surface area contributed by atoms with Gasteiger partial charge in [0.2, 0.25) is 5.91 Å². The second kappa shape index (κ2) is 7.37. The molecule has 0 aliphatic carbocycles. The first-order valence-corrected chi connectivity index (χ1v) is 8.56. The summed E-state index contributed by atoms with van der Waals surface area (Å²) in [7, 11) is -3.64. The van der Waals surface area contributed by atoms with Crippen LogP contribution in [-0.2, 0) is 28.6 Å². The third-order valence-electron chi connectivity index (χ3n) is 3.02. The van der Waals surface area contributed by atoms with E-state index in [1.807, 2.05) is 13.8 Å². The number of hydrogen-bond acceptors (Lipinski definition) is 7. The van der Waals surface area contributed by atoms with Gasteiger partial charge in [0.25, 0.3) is 10.1 Å². The van der Waals surface area contributed by atoms with Crippen molar-refractivity contribution in [2.75, 3.05) is 25.5 Å². The molecule has 0 saturated carbocycles. The molecular weight excluding hydrogens is 318 g/mol. The van der Waals surface area contributed by atoms with Gasteiger partial charge in [-0.3, -0.25) is 8.98 Å². The fourth-order valence-corrected chi connectivity index (χ4v) is 2.90. The molecule has 1 saturated heterocycles. The Balaban J connectivity index is 2.37. The smallest absolute Gasteiger partial charge is 0.352 e. The molecule has 1 aliphatic rings. The van der Waals surface area contributed by atoms with Gasteiger partial charge in [0.1, 0.15) is 12.7 Å². The number of amides is 1. The molecule has 1 atom stereocenters. The Hall–Kier alpha value is -0.930. The van der Waals surface area contributed by atoms with Gasteiger partial charge in [0.15, 0.2) is 0 Å². The molecule has 1 amide bonds. The Morgan fingerprint density at radius 3 is 2.71 bits per heavy atom. The minimum Gasteiger partial charge on any atom is -0.453 e. The molecule has 0 spiro atoms. The van der Waals surface area contributed by atoms with Gasteiger partial charge in [0, 0.05) is 31.1 Å². The first-order chi connectivity index (χ1) is 9.62. The van der Waals surface area contributed by atoms with Gasteiger partial charge in [-0.25, -0.2) is 0 Å². The quantitative estimate of drug-likeness (QED) is 0.393. The zero-order valence-electron chi connectivity index (χ0n) is 12.4. The molecule has 1 fully saturated rings. The highest BCUT2D eigenvalue weighted by Gasteiger charge is 2.38. The van der Waals surface area contributed by atoms with Crippen molar-refractivity contribution in [1.82, 2.24) is 5.32 Å². The Morgan fingerprint density at radius 1 is 1.52 bits per heavy atom. The molecule has 0 radical (unpaired) electrons. The molecule has 0 aromatic carbocycles. The van der Waals surface area contributed by atoms with E-state index in [9.17, 15) is 13.2 Å². The minimum atomic E-state index is -3.64. The minimum absolute atomic E-state index is 0.0217. The molecule has 0 bridgehead atoms. The second-order valence-electron chi connectivity index (χ2n) is 5.52. The maximum Gasteiger partial charge on any atom is 0.352 e. The number of carbonyl (C=O) groups excluding carboxylic acids is 1. The third kappa shape index (κ3) is 6.58. The normalized spacial score (nSPS) is 19.0. The van der Waals surface area contributed by atoms with Crippen molar-refractivity contribution < 1.29 is 26.9 Å². The topological polar surface area (TPSA) is 90.9 Å². The van der Waals surface area contributed by atoms with Gasteiger partial charge in [-0.1, -0.05) is 13.8 Å². The van der Waals surface area contributed by atoms with Gasteiger partial charge in [-0.2, -0.15) is 8.42 Å². The van der Waals surface area contributed by atoms with Crippen LogP contribution in [0.2, 0.25) is 0 Å². The number of nitrogens with one attached hydrogen (secondary N) is 1. The highest BCUT2D eigenvalue weighted by atomic mass is 32.2. The maximum atomic E-state index is 11.8. The predicted octanol–water partition coefficient (Wildman–Crippen LogP) is 0.586. The van der Waals surface area contributed by atoms with Gasteiger partial charge in [-0.05, 0) is 6.42 Å². The van der Waals surface area contributed by atoms with E-state index in [2.05, 4.69) is 5.32 Å². The molecule has 7 nitrogen and oxygen atoms in total. The first kappa shape index (κ1) is 18.1.